The summed E-state index contributed by atoms with van der Waals surface area (Å²) in [6.07, 6.45) is 54.5. The molecule has 92 heavy (non-hydrogen) atoms. The van der Waals surface area contributed by atoms with Crippen molar-refractivity contribution >= 4 is 39.5 Å². The zero-order valence-electron chi connectivity index (χ0n) is 59.7. The van der Waals surface area contributed by atoms with Gasteiger partial charge in [-0.3, -0.25) is 37.3 Å². The zero-order chi connectivity index (χ0) is 67.7. The van der Waals surface area contributed by atoms with Crippen LogP contribution in [0, 0.1) is 5.92 Å². The first-order chi connectivity index (χ1) is 44.5. The van der Waals surface area contributed by atoms with Crippen LogP contribution in [-0.4, -0.2) is 96.7 Å². The smallest absolute Gasteiger partial charge is 0.462 e. The lowest BCUT2D eigenvalue weighted by molar-refractivity contribution is -0.161. The summed E-state index contributed by atoms with van der Waals surface area (Å²) in [6, 6.07) is 0. The summed E-state index contributed by atoms with van der Waals surface area (Å²) in [5, 5.41) is 10.6. The van der Waals surface area contributed by atoms with Crippen LogP contribution >= 0.6 is 15.6 Å². The van der Waals surface area contributed by atoms with Crippen LogP contribution in [0.5, 0.6) is 0 Å². The predicted molar refractivity (Wildman–Crippen MR) is 372 cm³/mol. The van der Waals surface area contributed by atoms with Crippen molar-refractivity contribution in [3.63, 3.8) is 0 Å². The fourth-order valence-corrected chi connectivity index (χ4v) is 12.8. The number of unbranched alkanes of at least 4 members (excludes halogenated alkanes) is 45. The summed E-state index contributed by atoms with van der Waals surface area (Å²) in [7, 11) is -9.89. The highest BCUT2D eigenvalue weighted by atomic mass is 31.2. The lowest BCUT2D eigenvalue weighted by Crippen LogP contribution is -2.30. The standard InChI is InChI=1S/C73H142O17P2/c1-6-9-12-15-17-19-21-23-24-25-26-27-28-29-30-36-40-44-49-54-59-73(78)90-69(63-84-71(76)57-52-47-42-38-35-32-31-33-37-41-46-50-55-66(4)5)65-88-92(81,82)86-61-67(74)60-85-91(79,80)87-64-68(62-83-70(75)56-51-45-14-11-8-3)89-72(77)58-53-48-43-39-34-22-20-18-16-13-10-7-2/h66-69,74H,6-65H2,1-5H3,(H,79,80)(H,81,82)/t67-,68+,69+/m0/s1. The van der Waals surface area contributed by atoms with Crippen LogP contribution in [0.25, 0.3) is 0 Å². The normalized spacial score (nSPS) is 14.0. The summed E-state index contributed by atoms with van der Waals surface area (Å²) in [6.45, 7) is 7.19. The van der Waals surface area contributed by atoms with Crippen molar-refractivity contribution < 1.29 is 80.2 Å². The number of rotatable bonds is 73. The minimum absolute atomic E-state index is 0.107. The molecular weight excluding hydrogens is 1210 g/mol. The SMILES string of the molecule is CCCCCCCCCCCCCCCCCCCCCCC(=O)O[C@H](COC(=O)CCCCCCCCCCCCCCC(C)C)COP(=O)(O)OC[C@@H](O)COP(=O)(O)OC[C@@H](COC(=O)CCCCCCC)OC(=O)CCCCCCCCCCCCCC. The number of esters is 4. The van der Waals surface area contributed by atoms with Crippen LogP contribution in [-0.2, 0) is 65.4 Å². The number of carbonyl (C=O) groups excluding carboxylic acids is 4. The van der Waals surface area contributed by atoms with Crippen molar-refractivity contribution in [1.29, 1.82) is 0 Å². The number of ether oxygens (including phenoxy) is 4. The van der Waals surface area contributed by atoms with Crippen LogP contribution in [0.2, 0.25) is 0 Å². The van der Waals surface area contributed by atoms with Gasteiger partial charge < -0.3 is 33.8 Å². The van der Waals surface area contributed by atoms with Crippen molar-refractivity contribution in [2.24, 2.45) is 5.92 Å². The Hall–Kier alpha value is -1.94. The van der Waals surface area contributed by atoms with Gasteiger partial charge in [0.2, 0.25) is 0 Å². The van der Waals surface area contributed by atoms with E-state index < -0.39 is 97.5 Å². The highest BCUT2D eigenvalue weighted by Gasteiger charge is 2.30. The Bertz CT molecular complexity index is 1770. The molecule has 0 amide bonds. The van der Waals surface area contributed by atoms with E-state index in [1.165, 1.54) is 199 Å². The van der Waals surface area contributed by atoms with E-state index in [0.29, 0.717) is 25.7 Å². The van der Waals surface area contributed by atoms with Gasteiger partial charge in [-0.05, 0) is 31.6 Å². The Balaban J connectivity index is 5.13. The molecule has 3 N–H and O–H groups in total. The van der Waals surface area contributed by atoms with E-state index in [2.05, 4.69) is 34.6 Å². The topological polar surface area (TPSA) is 237 Å². The molecule has 0 aliphatic rings. The second-order valence-electron chi connectivity index (χ2n) is 26.8. The first kappa shape index (κ1) is 90.1. The molecule has 0 spiro atoms. The Kier molecular flexibility index (Phi) is 64.9. The Labute approximate surface area is 562 Å². The third-order valence-corrected chi connectivity index (χ3v) is 18.9. The predicted octanol–water partition coefficient (Wildman–Crippen LogP) is 21.3. The molecule has 0 bridgehead atoms. The lowest BCUT2D eigenvalue weighted by Gasteiger charge is -2.21. The van der Waals surface area contributed by atoms with E-state index in [0.717, 1.165) is 102 Å². The molecule has 2 unspecified atom stereocenters. The van der Waals surface area contributed by atoms with Crippen LogP contribution in [0.15, 0.2) is 0 Å². The molecule has 0 rings (SSSR count). The molecule has 0 aromatic heterocycles. The van der Waals surface area contributed by atoms with Crippen LogP contribution in [0.1, 0.15) is 381 Å². The van der Waals surface area contributed by atoms with Gasteiger partial charge in [0.1, 0.15) is 19.3 Å². The van der Waals surface area contributed by atoms with Gasteiger partial charge in [-0.15, -0.1) is 0 Å². The molecule has 5 atom stereocenters. The molecule has 0 saturated heterocycles. The Morgan fingerprint density at radius 1 is 0.293 bits per heavy atom. The second kappa shape index (κ2) is 66.3. The second-order valence-corrected chi connectivity index (χ2v) is 29.7. The molecular formula is C73H142O17P2. The first-order valence-corrected chi connectivity index (χ1v) is 41.1. The van der Waals surface area contributed by atoms with Crippen LogP contribution in [0.4, 0.5) is 0 Å². The summed E-state index contributed by atoms with van der Waals surface area (Å²) in [5.41, 5.74) is 0. The number of aliphatic hydroxyl groups excluding tert-OH is 1. The Morgan fingerprint density at radius 2 is 0.500 bits per heavy atom. The monoisotopic (exact) mass is 1350 g/mol. The molecule has 17 nitrogen and oxygen atoms in total. The average Bonchev–Trinajstić information content (AvgIpc) is 1.84. The van der Waals surface area contributed by atoms with Gasteiger partial charge in [-0.1, -0.05) is 330 Å². The molecule has 0 fully saturated rings. The minimum Gasteiger partial charge on any atom is -0.462 e. The quantitative estimate of drug-likeness (QED) is 0.0222. The lowest BCUT2D eigenvalue weighted by atomic mass is 10.0. The van der Waals surface area contributed by atoms with Gasteiger partial charge in [0.05, 0.1) is 26.4 Å². The number of hydrogen-bond acceptors (Lipinski definition) is 15. The van der Waals surface area contributed by atoms with Gasteiger partial charge in [-0.2, -0.15) is 0 Å². The molecule has 0 aromatic rings. The van der Waals surface area contributed by atoms with E-state index in [1.807, 2.05) is 0 Å². The van der Waals surface area contributed by atoms with Gasteiger partial charge in [0, 0.05) is 25.7 Å². The van der Waals surface area contributed by atoms with E-state index in [1.54, 1.807) is 0 Å². The summed E-state index contributed by atoms with van der Waals surface area (Å²) >= 11 is 0. The largest absolute Gasteiger partial charge is 0.472 e. The maximum atomic E-state index is 13.1. The number of carbonyl (C=O) groups is 4. The zero-order valence-corrected chi connectivity index (χ0v) is 61.5. The highest BCUT2D eigenvalue weighted by molar-refractivity contribution is 7.47. The van der Waals surface area contributed by atoms with E-state index in [-0.39, 0.29) is 25.7 Å². The maximum absolute atomic E-state index is 13.1. The first-order valence-electron chi connectivity index (χ1n) is 38.1. The summed E-state index contributed by atoms with van der Waals surface area (Å²) in [4.78, 5) is 72.4. The fourth-order valence-electron chi connectivity index (χ4n) is 11.2. The van der Waals surface area contributed by atoms with Gasteiger partial charge >= 0.3 is 39.5 Å². The van der Waals surface area contributed by atoms with Crippen molar-refractivity contribution in [3.8, 4) is 0 Å². The number of aliphatic hydroxyl groups is 1. The molecule has 0 aliphatic carbocycles. The van der Waals surface area contributed by atoms with E-state index in [9.17, 15) is 43.2 Å². The van der Waals surface area contributed by atoms with Crippen LogP contribution in [0.3, 0.4) is 0 Å². The van der Waals surface area contributed by atoms with Crippen molar-refractivity contribution in [2.45, 2.75) is 400 Å². The number of hydrogen-bond donors (Lipinski definition) is 3. The Morgan fingerprint density at radius 3 is 0.739 bits per heavy atom. The van der Waals surface area contributed by atoms with Gasteiger partial charge in [0.15, 0.2) is 12.2 Å². The van der Waals surface area contributed by atoms with Crippen LogP contribution < -0.4 is 0 Å². The van der Waals surface area contributed by atoms with E-state index >= 15 is 0 Å². The average molecular weight is 1350 g/mol. The molecule has 19 heteroatoms. The molecule has 0 aromatic carbocycles. The summed E-state index contributed by atoms with van der Waals surface area (Å²) in [5.74, 6) is -1.35. The number of phosphoric acid groups is 2. The van der Waals surface area contributed by atoms with Crippen molar-refractivity contribution in [2.75, 3.05) is 39.6 Å². The minimum atomic E-state index is -4.95. The van der Waals surface area contributed by atoms with Gasteiger partial charge in [-0.25, -0.2) is 9.13 Å². The third kappa shape index (κ3) is 66.7. The number of phosphoric ester groups is 2. The fraction of sp³-hybridized carbons (Fsp3) is 0.945. The van der Waals surface area contributed by atoms with Crippen molar-refractivity contribution in [1.82, 2.24) is 0 Å². The highest BCUT2D eigenvalue weighted by Crippen LogP contribution is 2.45. The van der Waals surface area contributed by atoms with Gasteiger partial charge in [0.25, 0.3) is 0 Å². The van der Waals surface area contributed by atoms with Crippen molar-refractivity contribution in [3.05, 3.63) is 0 Å². The summed E-state index contributed by atoms with van der Waals surface area (Å²) < 4.78 is 68.2. The molecule has 0 radical (unpaired) electrons. The molecule has 546 valence electrons. The molecule has 0 heterocycles. The third-order valence-electron chi connectivity index (χ3n) is 17.0. The maximum Gasteiger partial charge on any atom is 0.472 e. The molecule has 0 saturated carbocycles. The van der Waals surface area contributed by atoms with E-state index in [4.69, 9.17) is 37.0 Å². The molecule has 0 aliphatic heterocycles.